The van der Waals surface area contributed by atoms with Crippen molar-refractivity contribution in [3.05, 3.63) is 47.7 Å². The minimum atomic E-state index is -0.473. The molecule has 16 heavy (non-hydrogen) atoms. The van der Waals surface area contributed by atoms with Crippen molar-refractivity contribution in [2.24, 2.45) is 0 Å². The van der Waals surface area contributed by atoms with Crippen LogP contribution in [0.5, 0.6) is 0 Å². The fraction of sp³-hybridized carbons (Fsp3) is 0.308. The van der Waals surface area contributed by atoms with Crippen LogP contribution in [0.3, 0.4) is 0 Å². The maximum absolute atomic E-state index is 11.9. The summed E-state index contributed by atoms with van der Waals surface area (Å²) in [6.07, 6.45) is 3.91. The molecule has 3 heteroatoms. The summed E-state index contributed by atoms with van der Waals surface area (Å²) in [6, 6.07) is 7.40. The fourth-order valence-electron chi connectivity index (χ4n) is 2.10. The van der Waals surface area contributed by atoms with Crippen LogP contribution in [0.4, 0.5) is 0 Å². The summed E-state index contributed by atoms with van der Waals surface area (Å²) in [4.78, 5) is 11.9. The molecule has 0 N–H and O–H groups in total. The van der Waals surface area contributed by atoms with Gasteiger partial charge in [-0.2, -0.15) is 0 Å². The number of hydrogen-bond acceptors (Lipinski definition) is 2. The molecule has 0 heterocycles. The van der Waals surface area contributed by atoms with Gasteiger partial charge in [-0.1, -0.05) is 36.7 Å². The molecule has 1 aliphatic carbocycles. The third-order valence-corrected chi connectivity index (χ3v) is 3.44. The highest BCUT2D eigenvalue weighted by Crippen LogP contribution is 2.45. The topological polar surface area (TPSA) is 26.3 Å². The summed E-state index contributed by atoms with van der Waals surface area (Å²) < 4.78 is 4.93. The van der Waals surface area contributed by atoms with Crippen LogP contribution in [0.15, 0.2) is 37.1 Å². The first-order valence-electron chi connectivity index (χ1n) is 5.27. The molecule has 0 aromatic heterocycles. The van der Waals surface area contributed by atoms with Gasteiger partial charge in [-0.15, -0.1) is 0 Å². The molecule has 0 atom stereocenters. The molecule has 0 saturated heterocycles. The molecule has 0 spiro atoms. The second-order valence-corrected chi connectivity index (χ2v) is 4.45. The molecule has 1 fully saturated rings. The van der Waals surface area contributed by atoms with Gasteiger partial charge in [-0.05, 0) is 30.5 Å². The Morgan fingerprint density at radius 1 is 1.38 bits per heavy atom. The number of rotatable bonds is 3. The minimum Gasteiger partial charge on any atom is -0.434 e. The predicted octanol–water partition coefficient (Wildman–Crippen LogP) is 3.45. The quantitative estimate of drug-likeness (QED) is 0.594. The van der Waals surface area contributed by atoms with Crippen LogP contribution in [0.2, 0.25) is 5.02 Å². The van der Waals surface area contributed by atoms with E-state index in [2.05, 4.69) is 6.58 Å². The van der Waals surface area contributed by atoms with Gasteiger partial charge in [0.15, 0.2) is 0 Å². The number of ether oxygens (including phenoxy) is 1. The number of benzene rings is 1. The van der Waals surface area contributed by atoms with Crippen molar-refractivity contribution < 1.29 is 9.53 Å². The van der Waals surface area contributed by atoms with Crippen molar-refractivity contribution in [1.29, 1.82) is 0 Å². The zero-order valence-electron chi connectivity index (χ0n) is 8.91. The van der Waals surface area contributed by atoms with Crippen LogP contribution in [0.25, 0.3) is 0 Å². The van der Waals surface area contributed by atoms with Gasteiger partial charge in [-0.3, -0.25) is 4.79 Å². The lowest BCUT2D eigenvalue weighted by molar-refractivity contribution is -0.148. The minimum absolute atomic E-state index is 0.212. The van der Waals surface area contributed by atoms with Gasteiger partial charge < -0.3 is 4.74 Å². The number of halogens is 1. The molecule has 1 aromatic rings. The Bertz CT molecular complexity index is 404. The first-order chi connectivity index (χ1) is 7.69. The molecule has 1 saturated carbocycles. The van der Waals surface area contributed by atoms with Crippen LogP contribution < -0.4 is 0 Å². The van der Waals surface area contributed by atoms with Crippen LogP contribution in [0, 0.1) is 0 Å². The molecule has 0 aliphatic heterocycles. The average molecular weight is 237 g/mol. The molecule has 2 rings (SSSR count). The summed E-state index contributed by atoms with van der Waals surface area (Å²) in [5.74, 6) is -0.212. The van der Waals surface area contributed by atoms with Gasteiger partial charge in [0.2, 0.25) is 0 Å². The second-order valence-electron chi connectivity index (χ2n) is 4.01. The molecule has 0 amide bonds. The average Bonchev–Trinajstić information content (AvgIpc) is 2.19. The zero-order chi connectivity index (χ0) is 11.6. The van der Waals surface area contributed by atoms with E-state index in [0.717, 1.165) is 24.8 Å². The Morgan fingerprint density at radius 3 is 2.44 bits per heavy atom. The lowest BCUT2D eigenvalue weighted by Gasteiger charge is -2.39. The van der Waals surface area contributed by atoms with Crippen molar-refractivity contribution in [3.8, 4) is 0 Å². The van der Waals surface area contributed by atoms with E-state index in [-0.39, 0.29) is 5.97 Å². The number of hydrogen-bond donors (Lipinski definition) is 0. The van der Waals surface area contributed by atoms with Crippen molar-refractivity contribution in [1.82, 2.24) is 0 Å². The molecule has 1 aromatic carbocycles. The SMILES string of the molecule is C=COC(=O)C1(c2ccc(Cl)cc2)CCC1. The Kier molecular flexibility index (Phi) is 3.01. The molecule has 0 bridgehead atoms. The highest BCUT2D eigenvalue weighted by Gasteiger charge is 2.46. The van der Waals surface area contributed by atoms with Crippen LogP contribution in [-0.2, 0) is 14.9 Å². The van der Waals surface area contributed by atoms with Crippen LogP contribution in [0.1, 0.15) is 24.8 Å². The molecule has 0 unspecified atom stereocenters. The van der Waals surface area contributed by atoms with Crippen molar-refractivity contribution in [2.75, 3.05) is 0 Å². The predicted molar refractivity (Wildman–Crippen MR) is 63.3 cm³/mol. The summed E-state index contributed by atoms with van der Waals surface area (Å²) in [6.45, 7) is 3.42. The lowest BCUT2D eigenvalue weighted by Crippen LogP contribution is -2.43. The molecule has 2 nitrogen and oxygen atoms in total. The van der Waals surface area contributed by atoms with E-state index in [1.807, 2.05) is 12.1 Å². The zero-order valence-corrected chi connectivity index (χ0v) is 9.67. The molecule has 1 aliphatic rings. The van der Waals surface area contributed by atoms with Gasteiger partial charge in [0.25, 0.3) is 0 Å². The van der Waals surface area contributed by atoms with Gasteiger partial charge in [0.1, 0.15) is 0 Å². The summed E-state index contributed by atoms with van der Waals surface area (Å²) in [7, 11) is 0. The molecular weight excluding hydrogens is 224 g/mol. The molecule has 0 radical (unpaired) electrons. The van der Waals surface area contributed by atoms with E-state index in [0.29, 0.717) is 5.02 Å². The van der Waals surface area contributed by atoms with E-state index < -0.39 is 5.41 Å². The van der Waals surface area contributed by atoms with Crippen LogP contribution >= 0.6 is 11.6 Å². The molecule has 84 valence electrons. The van der Waals surface area contributed by atoms with Crippen molar-refractivity contribution >= 4 is 17.6 Å². The Morgan fingerprint density at radius 2 is 2.00 bits per heavy atom. The van der Waals surface area contributed by atoms with Crippen LogP contribution in [-0.4, -0.2) is 5.97 Å². The second kappa shape index (κ2) is 4.30. The number of carbonyl (C=O) groups excluding carboxylic acids is 1. The monoisotopic (exact) mass is 236 g/mol. The highest BCUT2D eigenvalue weighted by molar-refractivity contribution is 6.30. The van der Waals surface area contributed by atoms with Crippen molar-refractivity contribution in [2.45, 2.75) is 24.7 Å². The Hall–Kier alpha value is -1.28. The number of carbonyl (C=O) groups is 1. The highest BCUT2D eigenvalue weighted by atomic mass is 35.5. The van der Waals surface area contributed by atoms with E-state index in [1.165, 1.54) is 6.26 Å². The normalized spacial score (nSPS) is 17.3. The fourth-order valence-corrected chi connectivity index (χ4v) is 2.22. The van der Waals surface area contributed by atoms with Gasteiger partial charge in [0.05, 0.1) is 11.7 Å². The lowest BCUT2D eigenvalue weighted by atomic mass is 9.64. The van der Waals surface area contributed by atoms with Gasteiger partial charge >= 0.3 is 5.97 Å². The standard InChI is InChI=1S/C13H13ClO2/c1-2-16-12(15)13(8-3-9-13)10-4-6-11(14)7-5-10/h2,4-7H,1,3,8-9H2. The first kappa shape index (κ1) is 11.2. The maximum atomic E-state index is 11.9. The van der Waals surface area contributed by atoms with E-state index >= 15 is 0 Å². The largest absolute Gasteiger partial charge is 0.434 e. The van der Waals surface area contributed by atoms with Crippen molar-refractivity contribution in [3.63, 3.8) is 0 Å². The summed E-state index contributed by atoms with van der Waals surface area (Å²) >= 11 is 5.83. The van der Waals surface area contributed by atoms with Gasteiger partial charge in [0, 0.05) is 5.02 Å². The maximum Gasteiger partial charge on any atom is 0.321 e. The molecular formula is C13H13ClO2. The van der Waals surface area contributed by atoms with E-state index in [1.54, 1.807) is 12.1 Å². The summed E-state index contributed by atoms with van der Waals surface area (Å²) in [5.41, 5.74) is 0.508. The van der Waals surface area contributed by atoms with Gasteiger partial charge in [-0.25, -0.2) is 0 Å². The van der Waals surface area contributed by atoms with E-state index in [9.17, 15) is 4.79 Å². The smallest absolute Gasteiger partial charge is 0.321 e. The number of esters is 1. The Labute approximate surface area is 99.9 Å². The Balaban J connectivity index is 2.31. The van der Waals surface area contributed by atoms with E-state index in [4.69, 9.17) is 16.3 Å². The first-order valence-corrected chi connectivity index (χ1v) is 5.65. The third-order valence-electron chi connectivity index (χ3n) is 3.19. The third kappa shape index (κ3) is 1.74. The summed E-state index contributed by atoms with van der Waals surface area (Å²) in [5, 5.41) is 0.676.